The number of benzene rings is 1. The first kappa shape index (κ1) is 29.4. The number of carboxylic acid groups (broad SMARTS) is 1. The lowest BCUT2D eigenvalue weighted by molar-refractivity contribution is 0.0732. The molecule has 1 heterocycles. The number of hydrogen-bond acceptors (Lipinski definition) is 5. The van der Waals surface area contributed by atoms with Crippen LogP contribution in [0.1, 0.15) is 65.2 Å². The zero-order valence-electron chi connectivity index (χ0n) is 22.9. The monoisotopic (exact) mass is 518 g/mol. The number of methoxy groups -OCH3 is 1. The highest BCUT2D eigenvalue weighted by Gasteiger charge is 2.47. The molecule has 1 aliphatic rings. The van der Waals surface area contributed by atoms with E-state index in [2.05, 4.69) is 48.1 Å². The smallest absolute Gasteiger partial charge is 0.412 e. The molecule has 8 nitrogen and oxygen atoms in total. The number of rotatable bonds is 11. The van der Waals surface area contributed by atoms with Gasteiger partial charge in [-0.2, -0.15) is 0 Å². The van der Waals surface area contributed by atoms with Gasteiger partial charge >= 0.3 is 6.09 Å². The highest BCUT2D eigenvalue weighted by molar-refractivity contribution is 6.78. The molecule has 1 atom stereocenters. The summed E-state index contributed by atoms with van der Waals surface area (Å²) >= 11 is 0. The van der Waals surface area contributed by atoms with Crippen LogP contribution in [0.25, 0.3) is 0 Å². The van der Waals surface area contributed by atoms with Crippen molar-refractivity contribution in [2.24, 2.45) is 0 Å². The van der Waals surface area contributed by atoms with E-state index in [9.17, 15) is 19.8 Å². The summed E-state index contributed by atoms with van der Waals surface area (Å²) in [6.45, 7) is 18.3. The molecule has 0 aromatic heterocycles. The van der Waals surface area contributed by atoms with Crippen molar-refractivity contribution in [1.29, 1.82) is 0 Å². The van der Waals surface area contributed by atoms with E-state index < -0.39 is 26.4 Å². The van der Waals surface area contributed by atoms with Crippen LogP contribution in [0.4, 0.5) is 10.5 Å². The van der Waals surface area contributed by atoms with Crippen LogP contribution in [-0.4, -0.2) is 61.7 Å². The van der Waals surface area contributed by atoms with E-state index in [1.165, 1.54) is 18.1 Å². The summed E-state index contributed by atoms with van der Waals surface area (Å²) in [6.07, 6.45) is 2.51. The Kier molecular flexibility index (Phi) is 9.79. The van der Waals surface area contributed by atoms with Gasteiger partial charge in [-0.15, -0.1) is 6.58 Å². The third-order valence-electron chi connectivity index (χ3n) is 7.10. The summed E-state index contributed by atoms with van der Waals surface area (Å²) in [4.78, 5) is 28.6. The van der Waals surface area contributed by atoms with Gasteiger partial charge in [-0.25, -0.2) is 4.79 Å². The highest BCUT2D eigenvalue weighted by Crippen LogP contribution is 2.46. The average Bonchev–Trinajstić information content (AvgIpc) is 3.19. The third kappa shape index (κ3) is 5.62. The summed E-state index contributed by atoms with van der Waals surface area (Å²) in [5.41, 5.74) is 2.13. The lowest BCUT2D eigenvalue weighted by atomic mass is 10.1. The molecule has 1 aromatic carbocycles. The topological polar surface area (TPSA) is 99.5 Å². The van der Waals surface area contributed by atoms with Gasteiger partial charge in [0.2, 0.25) is 0 Å². The Hall–Kier alpha value is -2.78. The maximum Gasteiger partial charge on any atom is 0.412 e. The van der Waals surface area contributed by atoms with Crippen molar-refractivity contribution in [2.45, 2.75) is 77.6 Å². The summed E-state index contributed by atoms with van der Waals surface area (Å²) in [7, 11) is -0.911. The number of ether oxygens (including phenoxy) is 1. The molecule has 200 valence electrons. The number of aliphatic hydroxyl groups is 1. The summed E-state index contributed by atoms with van der Waals surface area (Å²) in [5.74, 6) is 0.375. The van der Waals surface area contributed by atoms with Gasteiger partial charge in [0.1, 0.15) is 5.75 Å². The van der Waals surface area contributed by atoms with Gasteiger partial charge in [-0.3, -0.25) is 9.69 Å². The molecule has 1 aliphatic heterocycles. The molecule has 36 heavy (non-hydrogen) atoms. The van der Waals surface area contributed by atoms with Gasteiger partial charge in [0.15, 0.2) is 5.75 Å². The Balaban J connectivity index is 2.80. The van der Waals surface area contributed by atoms with E-state index in [0.29, 0.717) is 17.9 Å². The number of nitrogens with zero attached hydrogens (tertiary/aromatic N) is 2. The molecule has 2 amide bonds. The molecular formula is C27H42N2O6Si. The van der Waals surface area contributed by atoms with E-state index >= 15 is 0 Å². The molecule has 2 rings (SSSR count). The van der Waals surface area contributed by atoms with Gasteiger partial charge in [-0.05, 0) is 36.0 Å². The van der Waals surface area contributed by atoms with Crippen LogP contribution >= 0.6 is 0 Å². The fraction of sp³-hybridized carbons (Fsp3) is 0.556. The number of carbonyl (C=O) groups is 2. The predicted molar refractivity (Wildman–Crippen MR) is 146 cm³/mol. The Morgan fingerprint density at radius 2 is 1.75 bits per heavy atom. The number of anilines is 1. The van der Waals surface area contributed by atoms with Gasteiger partial charge in [0.05, 0.1) is 31.0 Å². The SMILES string of the molecule is C=CCN(C(=O)O)c1cc(O[Si](C(C)C)(C(C)C)C(C)C)c(OC)cc1C(=O)N1C=C(C)C[C@H]1CO. The Morgan fingerprint density at radius 3 is 2.19 bits per heavy atom. The Bertz CT molecular complexity index is 982. The zero-order chi connectivity index (χ0) is 27.4. The minimum Gasteiger partial charge on any atom is -0.540 e. The standard InChI is InChI=1S/C27H42N2O6Si/c1-10-11-28(27(32)33)23-14-25(35-36(17(2)3,18(4)5)19(6)7)24(34-9)13-22(23)26(31)29-15-20(8)12-21(29)16-30/h10,13-15,17-19,21,30H,1,11-12,16H2,2-9H3,(H,32,33)/t21-/m0/s1. The molecule has 0 unspecified atom stereocenters. The molecule has 9 heteroatoms. The molecule has 0 bridgehead atoms. The first-order valence-corrected chi connectivity index (χ1v) is 14.6. The van der Waals surface area contributed by atoms with Crippen LogP contribution in [0.3, 0.4) is 0 Å². The van der Waals surface area contributed by atoms with Gasteiger partial charge in [-0.1, -0.05) is 53.2 Å². The second-order valence-corrected chi connectivity index (χ2v) is 15.7. The molecule has 0 saturated heterocycles. The summed E-state index contributed by atoms with van der Waals surface area (Å²) in [5, 5.41) is 19.9. The summed E-state index contributed by atoms with van der Waals surface area (Å²) in [6, 6.07) is 2.76. The van der Waals surface area contributed by atoms with Crippen molar-refractivity contribution in [2.75, 3.05) is 25.2 Å². The lowest BCUT2D eigenvalue weighted by Gasteiger charge is -2.42. The van der Waals surface area contributed by atoms with Crippen molar-refractivity contribution in [3.8, 4) is 11.5 Å². The van der Waals surface area contributed by atoms with E-state index in [0.717, 1.165) is 10.5 Å². The fourth-order valence-corrected chi connectivity index (χ4v) is 10.8. The van der Waals surface area contributed by atoms with Crippen LogP contribution < -0.4 is 14.1 Å². The van der Waals surface area contributed by atoms with Crippen LogP contribution in [0, 0.1) is 0 Å². The van der Waals surface area contributed by atoms with Crippen LogP contribution in [0.15, 0.2) is 36.6 Å². The normalized spacial score (nSPS) is 15.9. The largest absolute Gasteiger partial charge is 0.540 e. The number of hydrogen-bond donors (Lipinski definition) is 2. The molecule has 0 fully saturated rings. The first-order chi connectivity index (χ1) is 16.8. The second-order valence-electron chi connectivity index (χ2n) is 10.4. The van der Waals surface area contributed by atoms with Crippen molar-refractivity contribution < 1.29 is 29.0 Å². The molecule has 0 radical (unpaired) electrons. The van der Waals surface area contributed by atoms with Crippen molar-refractivity contribution in [1.82, 2.24) is 4.90 Å². The quantitative estimate of drug-likeness (QED) is 0.274. The van der Waals surface area contributed by atoms with Gasteiger partial charge in [0.25, 0.3) is 14.2 Å². The number of aliphatic hydroxyl groups excluding tert-OH is 1. The minimum absolute atomic E-state index is 0.0131. The van der Waals surface area contributed by atoms with Crippen molar-refractivity contribution in [3.63, 3.8) is 0 Å². The molecule has 0 spiro atoms. The van der Waals surface area contributed by atoms with Crippen LogP contribution in [0.2, 0.25) is 16.6 Å². The van der Waals surface area contributed by atoms with Crippen LogP contribution in [0.5, 0.6) is 11.5 Å². The van der Waals surface area contributed by atoms with E-state index in [4.69, 9.17) is 9.16 Å². The highest BCUT2D eigenvalue weighted by atomic mass is 28.4. The number of carbonyl (C=O) groups excluding carboxylic acids is 1. The van der Waals surface area contributed by atoms with Crippen molar-refractivity contribution in [3.05, 3.63) is 42.1 Å². The van der Waals surface area contributed by atoms with Crippen molar-refractivity contribution >= 4 is 26.0 Å². The molecule has 2 N–H and O–H groups in total. The van der Waals surface area contributed by atoms with Gasteiger partial charge < -0.3 is 24.3 Å². The maximum atomic E-state index is 13.7. The van der Waals surface area contributed by atoms with Gasteiger partial charge in [0, 0.05) is 18.8 Å². The molecule has 1 aromatic rings. The first-order valence-electron chi connectivity index (χ1n) is 12.5. The maximum absolute atomic E-state index is 13.7. The minimum atomic E-state index is -2.42. The second kappa shape index (κ2) is 12.0. The number of amides is 2. The zero-order valence-corrected chi connectivity index (χ0v) is 23.9. The fourth-order valence-electron chi connectivity index (χ4n) is 5.52. The van der Waals surface area contributed by atoms with E-state index in [-0.39, 0.29) is 41.0 Å². The summed E-state index contributed by atoms with van der Waals surface area (Å²) < 4.78 is 12.6. The third-order valence-corrected chi connectivity index (χ3v) is 13.1. The predicted octanol–water partition coefficient (Wildman–Crippen LogP) is 6.03. The lowest BCUT2D eigenvalue weighted by Crippen LogP contribution is -2.50. The Morgan fingerprint density at radius 1 is 1.17 bits per heavy atom. The van der Waals surface area contributed by atoms with E-state index in [1.807, 2.05) is 6.92 Å². The van der Waals surface area contributed by atoms with E-state index in [1.54, 1.807) is 18.3 Å². The van der Waals surface area contributed by atoms with Crippen LogP contribution in [-0.2, 0) is 0 Å². The average molecular weight is 519 g/mol. The molecular weight excluding hydrogens is 476 g/mol. The molecule has 0 saturated carbocycles. The Labute approximate surface area is 216 Å². The molecule has 0 aliphatic carbocycles.